The number of aliphatic hydroxyl groups excluding tert-OH is 2. The van der Waals surface area contributed by atoms with Gasteiger partial charge in [0.2, 0.25) is 0 Å². The third kappa shape index (κ3) is 3.77. The second-order valence-corrected chi connectivity index (χ2v) is 7.93. The first-order valence-electron chi connectivity index (χ1n) is 7.92. The highest BCUT2D eigenvalue weighted by Crippen LogP contribution is 2.36. The van der Waals surface area contributed by atoms with E-state index in [1.807, 2.05) is 36.4 Å². The van der Waals surface area contributed by atoms with Gasteiger partial charge in [-0.05, 0) is 42.5 Å². The highest BCUT2D eigenvalue weighted by Gasteiger charge is 2.26. The van der Waals surface area contributed by atoms with Crippen molar-refractivity contribution >= 4 is 40.5 Å². The third-order valence-electron chi connectivity index (χ3n) is 3.86. The van der Waals surface area contributed by atoms with Crippen molar-refractivity contribution in [2.45, 2.75) is 21.7 Å². The number of para-hydroxylation sites is 1. The van der Waals surface area contributed by atoms with E-state index < -0.39 is 11.8 Å². The van der Waals surface area contributed by atoms with E-state index in [2.05, 4.69) is 5.32 Å². The van der Waals surface area contributed by atoms with Crippen LogP contribution >= 0.6 is 23.5 Å². The Morgan fingerprint density at radius 1 is 1.12 bits per heavy atom. The Morgan fingerprint density at radius 3 is 2.62 bits per heavy atom. The van der Waals surface area contributed by atoms with Crippen molar-refractivity contribution < 1.29 is 14.6 Å². The highest BCUT2D eigenvalue weighted by atomic mass is 32.2. The average Bonchev–Trinajstić information content (AvgIpc) is 2.94. The van der Waals surface area contributed by atoms with Crippen molar-refractivity contribution in [3.8, 4) is 0 Å². The Morgan fingerprint density at radius 2 is 1.88 bits per heavy atom. The molecule has 0 spiro atoms. The largest absolute Gasteiger partial charge is 0.374 e. The predicted molar refractivity (Wildman–Crippen MR) is 103 cm³/mol. The Labute approximate surface area is 158 Å². The minimum Gasteiger partial charge on any atom is -0.374 e. The second kappa shape index (κ2) is 7.38. The minimum atomic E-state index is -0.912. The number of fused-ring (bicyclic) bond motifs is 1. The molecule has 0 amide bonds. The van der Waals surface area contributed by atoms with Crippen LogP contribution in [-0.4, -0.2) is 27.0 Å². The van der Waals surface area contributed by atoms with Gasteiger partial charge in [0.15, 0.2) is 5.56 Å². The number of thioether (sulfide) groups is 1. The summed E-state index contributed by atoms with van der Waals surface area (Å²) in [7, 11) is 0. The zero-order chi connectivity index (χ0) is 18.1. The molecule has 132 valence electrons. The maximum atomic E-state index is 13.2. The SMILES string of the molecule is OC1NC(O)/C(=C/c2cc3ccccc3nc2Sc2ccc(F)cc2)S1. The molecule has 4 nitrogen and oxygen atoms in total. The molecule has 2 aromatic carbocycles. The highest BCUT2D eigenvalue weighted by molar-refractivity contribution is 8.04. The molecule has 7 heteroatoms. The van der Waals surface area contributed by atoms with Gasteiger partial charge in [-0.15, -0.1) is 0 Å². The van der Waals surface area contributed by atoms with E-state index in [-0.39, 0.29) is 5.82 Å². The molecule has 0 saturated carbocycles. The molecule has 1 aromatic heterocycles. The smallest absolute Gasteiger partial charge is 0.159 e. The monoisotopic (exact) mass is 386 g/mol. The Hall–Kier alpha value is -1.90. The van der Waals surface area contributed by atoms with Crippen LogP contribution in [0.15, 0.2) is 69.4 Å². The zero-order valence-corrected chi connectivity index (χ0v) is 15.1. The van der Waals surface area contributed by atoms with Gasteiger partial charge >= 0.3 is 0 Å². The fourth-order valence-corrected chi connectivity index (χ4v) is 4.35. The molecule has 1 fully saturated rings. The number of hydrogen-bond donors (Lipinski definition) is 3. The minimum absolute atomic E-state index is 0.284. The van der Waals surface area contributed by atoms with E-state index in [9.17, 15) is 14.6 Å². The molecular weight excluding hydrogens is 371 g/mol. The summed E-state index contributed by atoms with van der Waals surface area (Å²) in [4.78, 5) is 6.22. The summed E-state index contributed by atoms with van der Waals surface area (Å²) in [5, 5.41) is 24.0. The molecule has 3 aromatic rings. The lowest BCUT2D eigenvalue weighted by atomic mass is 10.1. The number of pyridine rings is 1. The molecule has 3 N–H and O–H groups in total. The van der Waals surface area contributed by atoms with Crippen LogP contribution in [0.3, 0.4) is 0 Å². The van der Waals surface area contributed by atoms with Gasteiger partial charge in [0.25, 0.3) is 0 Å². The number of aromatic nitrogens is 1. The summed E-state index contributed by atoms with van der Waals surface area (Å²) < 4.78 is 13.2. The molecule has 0 radical (unpaired) electrons. The number of hydrogen-bond acceptors (Lipinski definition) is 6. The quantitative estimate of drug-likeness (QED) is 0.636. The van der Waals surface area contributed by atoms with Crippen molar-refractivity contribution in [2.24, 2.45) is 0 Å². The average molecular weight is 386 g/mol. The maximum absolute atomic E-state index is 13.2. The van der Waals surface area contributed by atoms with Gasteiger partial charge in [-0.25, -0.2) is 9.37 Å². The van der Waals surface area contributed by atoms with Crippen LogP contribution in [0.1, 0.15) is 5.56 Å². The summed E-state index contributed by atoms with van der Waals surface area (Å²) in [6.45, 7) is 0. The van der Waals surface area contributed by atoms with Crippen LogP contribution in [-0.2, 0) is 0 Å². The van der Waals surface area contributed by atoms with Crippen molar-refractivity contribution in [2.75, 3.05) is 0 Å². The van der Waals surface area contributed by atoms with Gasteiger partial charge in [0.1, 0.15) is 17.1 Å². The molecule has 0 bridgehead atoms. The van der Waals surface area contributed by atoms with E-state index in [4.69, 9.17) is 4.98 Å². The Bertz CT molecular complexity index is 979. The van der Waals surface area contributed by atoms with E-state index in [0.29, 0.717) is 4.91 Å². The summed E-state index contributed by atoms with van der Waals surface area (Å²) in [6, 6.07) is 16.0. The normalized spacial score (nSPS) is 21.6. The van der Waals surface area contributed by atoms with Gasteiger partial charge in [0, 0.05) is 20.8 Å². The first-order chi connectivity index (χ1) is 12.6. The predicted octanol–water partition coefficient (Wildman–Crippen LogP) is 3.80. The van der Waals surface area contributed by atoms with Gasteiger partial charge in [-0.3, -0.25) is 5.32 Å². The van der Waals surface area contributed by atoms with Gasteiger partial charge in [-0.1, -0.05) is 41.7 Å². The van der Waals surface area contributed by atoms with Gasteiger partial charge in [-0.2, -0.15) is 0 Å². The molecule has 4 rings (SSSR count). The fraction of sp³-hybridized carbons (Fsp3) is 0.105. The lowest BCUT2D eigenvalue weighted by molar-refractivity contribution is 0.127. The number of nitrogens with zero attached hydrogens (tertiary/aromatic N) is 1. The number of benzene rings is 2. The molecule has 2 unspecified atom stereocenters. The summed E-state index contributed by atoms with van der Waals surface area (Å²) in [5.74, 6) is -0.284. The Balaban J connectivity index is 1.78. The molecule has 0 aliphatic carbocycles. The van der Waals surface area contributed by atoms with Gasteiger partial charge in [0.05, 0.1) is 5.52 Å². The van der Waals surface area contributed by atoms with Crippen LogP contribution in [0.2, 0.25) is 0 Å². The fourth-order valence-electron chi connectivity index (χ4n) is 2.62. The van der Waals surface area contributed by atoms with Crippen LogP contribution in [0.25, 0.3) is 17.0 Å². The standard InChI is InChI=1S/C19H15FN2O2S2/c20-13-5-7-14(8-6-13)25-18-12(10-16-17(23)22-19(24)26-16)9-11-3-1-2-4-15(11)21-18/h1-10,17,19,22-24H/b16-10-. The molecule has 1 aliphatic rings. The summed E-state index contributed by atoms with van der Waals surface area (Å²) in [6.07, 6.45) is 0.911. The molecule has 1 saturated heterocycles. The van der Waals surface area contributed by atoms with Crippen molar-refractivity contribution in [1.29, 1.82) is 0 Å². The van der Waals surface area contributed by atoms with Crippen LogP contribution < -0.4 is 5.32 Å². The lowest BCUT2D eigenvalue weighted by Crippen LogP contribution is -2.28. The van der Waals surface area contributed by atoms with E-state index in [1.54, 1.807) is 12.1 Å². The molecule has 2 heterocycles. The maximum Gasteiger partial charge on any atom is 0.159 e. The van der Waals surface area contributed by atoms with Crippen molar-refractivity contribution in [3.05, 3.63) is 70.9 Å². The van der Waals surface area contributed by atoms with Crippen LogP contribution in [0.5, 0.6) is 0 Å². The van der Waals surface area contributed by atoms with Crippen LogP contribution in [0.4, 0.5) is 4.39 Å². The number of rotatable bonds is 3. The summed E-state index contributed by atoms with van der Waals surface area (Å²) in [5.41, 5.74) is 0.852. The molecule has 2 atom stereocenters. The second-order valence-electron chi connectivity index (χ2n) is 5.72. The van der Waals surface area contributed by atoms with Crippen molar-refractivity contribution in [1.82, 2.24) is 10.3 Å². The number of nitrogens with one attached hydrogen (secondary N) is 1. The number of aliphatic hydroxyl groups is 2. The van der Waals surface area contributed by atoms with Crippen LogP contribution in [0, 0.1) is 5.82 Å². The third-order valence-corrected chi connectivity index (χ3v) is 5.86. The van der Waals surface area contributed by atoms with E-state index in [1.165, 1.54) is 23.9 Å². The van der Waals surface area contributed by atoms with E-state index in [0.717, 1.165) is 38.1 Å². The first kappa shape index (κ1) is 17.5. The number of halogens is 1. The van der Waals surface area contributed by atoms with E-state index >= 15 is 0 Å². The molecule has 26 heavy (non-hydrogen) atoms. The molecule has 1 aliphatic heterocycles. The Kier molecular flexibility index (Phi) is 4.97. The topological polar surface area (TPSA) is 65.4 Å². The first-order valence-corrected chi connectivity index (χ1v) is 9.62. The zero-order valence-electron chi connectivity index (χ0n) is 13.5. The lowest BCUT2D eigenvalue weighted by Gasteiger charge is -2.09. The summed E-state index contributed by atoms with van der Waals surface area (Å²) >= 11 is 2.59. The molecular formula is C19H15FN2O2S2. The van der Waals surface area contributed by atoms with Crippen molar-refractivity contribution in [3.63, 3.8) is 0 Å². The van der Waals surface area contributed by atoms with Gasteiger partial charge < -0.3 is 10.2 Å².